The van der Waals surface area contributed by atoms with Crippen LogP contribution < -0.4 is 0 Å². The van der Waals surface area contributed by atoms with Crippen molar-refractivity contribution in [1.29, 1.82) is 0 Å². The van der Waals surface area contributed by atoms with Crippen LogP contribution >= 0.6 is 11.6 Å². The van der Waals surface area contributed by atoms with Gasteiger partial charge in [-0.3, -0.25) is 4.90 Å². The predicted octanol–water partition coefficient (Wildman–Crippen LogP) is 4.61. The van der Waals surface area contributed by atoms with Crippen LogP contribution in [0.3, 0.4) is 0 Å². The topological polar surface area (TPSA) is 91.2 Å². The van der Waals surface area contributed by atoms with Crippen molar-refractivity contribution in [2.45, 2.75) is 101 Å². The van der Waals surface area contributed by atoms with E-state index in [0.717, 1.165) is 0 Å². The van der Waals surface area contributed by atoms with Gasteiger partial charge in [-0.25, -0.2) is 23.5 Å². The maximum Gasteiger partial charge on any atom is 0.410 e. The lowest BCUT2D eigenvalue weighted by atomic mass is 9.84. The Hall–Kier alpha value is -2.12. The molecule has 4 aliphatic heterocycles. The highest BCUT2D eigenvalue weighted by molar-refractivity contribution is 6.33. The maximum atomic E-state index is 15.0. The van der Waals surface area contributed by atoms with Gasteiger partial charge in [0.05, 0.1) is 11.9 Å². The minimum absolute atomic E-state index is 0.244. The van der Waals surface area contributed by atoms with E-state index < -0.39 is 53.5 Å². The van der Waals surface area contributed by atoms with E-state index in [0.29, 0.717) is 42.1 Å². The van der Waals surface area contributed by atoms with Crippen LogP contribution in [0.4, 0.5) is 13.6 Å². The highest BCUT2D eigenvalue weighted by Crippen LogP contribution is 2.49. The van der Waals surface area contributed by atoms with Gasteiger partial charge in [-0.1, -0.05) is 11.6 Å². The third-order valence-electron chi connectivity index (χ3n) is 8.29. The summed E-state index contributed by atoms with van der Waals surface area (Å²) in [4.78, 5) is 24.5. The molecule has 10 nitrogen and oxygen atoms in total. The lowest BCUT2D eigenvalue weighted by Gasteiger charge is -2.45. The van der Waals surface area contributed by atoms with Gasteiger partial charge in [0, 0.05) is 37.8 Å². The van der Waals surface area contributed by atoms with Crippen molar-refractivity contribution in [3.8, 4) is 0 Å². The van der Waals surface area contributed by atoms with Crippen molar-refractivity contribution in [1.82, 2.24) is 24.3 Å². The maximum absolute atomic E-state index is 15.0. The van der Waals surface area contributed by atoms with Crippen LogP contribution in [0.25, 0.3) is 11.0 Å². The summed E-state index contributed by atoms with van der Waals surface area (Å²) in [5, 5.41) is 1.01. The Morgan fingerprint density at radius 2 is 1.88 bits per heavy atom. The molecule has 0 unspecified atom stereocenters. The zero-order valence-corrected chi connectivity index (χ0v) is 24.2. The Morgan fingerprint density at radius 3 is 2.58 bits per heavy atom. The largest absolute Gasteiger partial charge is 0.444 e. The van der Waals surface area contributed by atoms with E-state index in [4.69, 9.17) is 30.5 Å². The molecule has 1 amide bonds. The predicted molar refractivity (Wildman–Crippen MR) is 141 cm³/mol. The second-order valence-electron chi connectivity index (χ2n) is 12.9. The number of hydrogen-bond donors (Lipinski definition) is 0. The molecule has 4 atom stereocenters. The molecular formula is C27H36ClF2N5O5. The highest BCUT2D eigenvalue weighted by Gasteiger charge is 2.60. The molecule has 1 spiro atoms. The first-order valence-corrected chi connectivity index (χ1v) is 14.1. The first-order chi connectivity index (χ1) is 18.7. The van der Waals surface area contributed by atoms with Crippen LogP contribution in [-0.4, -0.2) is 97.8 Å². The Balaban J connectivity index is 1.23. The van der Waals surface area contributed by atoms with E-state index >= 15 is 8.78 Å². The van der Waals surface area contributed by atoms with Gasteiger partial charge in [-0.05, 0) is 53.5 Å². The summed E-state index contributed by atoms with van der Waals surface area (Å²) < 4.78 is 56.4. The summed E-state index contributed by atoms with van der Waals surface area (Å²) in [6.45, 7) is 9.68. The number of fused-ring (bicyclic) bond motifs is 2. The molecule has 2 aromatic rings. The van der Waals surface area contributed by atoms with Gasteiger partial charge in [0.25, 0.3) is 5.92 Å². The minimum Gasteiger partial charge on any atom is -0.444 e. The van der Waals surface area contributed by atoms with Crippen LogP contribution in [0.1, 0.15) is 60.1 Å². The molecule has 40 heavy (non-hydrogen) atoms. The lowest BCUT2D eigenvalue weighted by molar-refractivity contribution is -0.199. The van der Waals surface area contributed by atoms with Gasteiger partial charge in [0.2, 0.25) is 0 Å². The fourth-order valence-corrected chi connectivity index (χ4v) is 6.86. The van der Waals surface area contributed by atoms with Crippen LogP contribution in [0.15, 0.2) is 18.6 Å². The van der Waals surface area contributed by atoms with Gasteiger partial charge in [-0.2, -0.15) is 0 Å². The standard InChI is InChI=1S/C27H36ClF2N5O5/c1-24(2,3)40-23(36)33-10-7-26(8-11-33)13-27(29,30)14-34(26)12-17-18-19(39-25(4,5)38-18)22(37-17)35-9-6-16-20(28)31-15-32-21(16)35/h6,9,15,17-19,22H,7-8,10-14H2,1-5H3/t17-,18-,19-,22-/m1/s1. The van der Waals surface area contributed by atoms with Crippen LogP contribution in [-0.2, 0) is 18.9 Å². The molecule has 0 bridgehead atoms. The van der Waals surface area contributed by atoms with E-state index in [9.17, 15) is 4.79 Å². The number of aromatic nitrogens is 3. The minimum atomic E-state index is -2.85. The molecule has 4 fully saturated rings. The number of halogens is 3. The molecule has 4 aliphatic rings. The molecule has 0 saturated carbocycles. The monoisotopic (exact) mass is 583 g/mol. The van der Waals surface area contributed by atoms with Gasteiger partial charge in [0.1, 0.15) is 41.0 Å². The first kappa shape index (κ1) is 28.0. The summed E-state index contributed by atoms with van der Waals surface area (Å²) in [5.74, 6) is -3.71. The zero-order valence-electron chi connectivity index (χ0n) is 23.4. The Bertz CT molecular complexity index is 1290. The Kier molecular flexibility index (Phi) is 6.62. The number of carbonyl (C=O) groups is 1. The third kappa shape index (κ3) is 5.06. The summed E-state index contributed by atoms with van der Waals surface area (Å²) in [5.41, 5.74) is -0.781. The number of rotatable bonds is 3. The fraction of sp³-hybridized carbons (Fsp3) is 0.741. The number of piperidine rings is 1. The molecule has 0 radical (unpaired) electrons. The van der Waals surface area contributed by atoms with E-state index in [2.05, 4.69) is 9.97 Å². The number of carbonyl (C=O) groups excluding carboxylic acids is 1. The number of alkyl halides is 2. The van der Waals surface area contributed by atoms with Gasteiger partial charge >= 0.3 is 6.09 Å². The van der Waals surface area contributed by atoms with E-state index in [1.165, 1.54) is 6.33 Å². The summed E-state index contributed by atoms with van der Waals surface area (Å²) in [7, 11) is 0. The summed E-state index contributed by atoms with van der Waals surface area (Å²) >= 11 is 6.27. The number of ether oxygens (including phenoxy) is 4. The van der Waals surface area contributed by atoms with Crippen molar-refractivity contribution in [2.24, 2.45) is 0 Å². The Morgan fingerprint density at radius 1 is 1.18 bits per heavy atom. The molecule has 0 N–H and O–H groups in total. The van der Waals surface area contributed by atoms with E-state index in [-0.39, 0.29) is 19.5 Å². The quantitative estimate of drug-likeness (QED) is 0.484. The van der Waals surface area contributed by atoms with Crippen molar-refractivity contribution in [3.63, 3.8) is 0 Å². The number of hydrogen-bond acceptors (Lipinski definition) is 8. The van der Waals surface area contributed by atoms with E-state index in [1.807, 2.05) is 56.3 Å². The molecule has 0 aliphatic carbocycles. The summed E-state index contributed by atoms with van der Waals surface area (Å²) in [6.07, 6.45) is 1.33. The molecule has 13 heteroatoms. The van der Waals surface area contributed by atoms with Crippen molar-refractivity contribution in [3.05, 3.63) is 23.7 Å². The van der Waals surface area contributed by atoms with Gasteiger partial charge in [-0.15, -0.1) is 0 Å². The SMILES string of the molecule is CC(C)(C)OC(=O)N1CCC2(CC1)CC(F)(F)CN2C[C@H]1O[C@@H](n2ccc3c(Cl)ncnc32)[C@@H]2OC(C)(C)O[C@@H]21. The van der Waals surface area contributed by atoms with Crippen molar-refractivity contribution in [2.75, 3.05) is 26.2 Å². The lowest BCUT2D eigenvalue weighted by Crippen LogP contribution is -2.56. The Labute approximate surface area is 236 Å². The zero-order chi connectivity index (χ0) is 28.7. The second kappa shape index (κ2) is 9.45. The molecular weight excluding hydrogens is 548 g/mol. The molecule has 6 rings (SSSR count). The van der Waals surface area contributed by atoms with Crippen LogP contribution in [0.2, 0.25) is 5.15 Å². The molecule has 2 aromatic heterocycles. The third-order valence-corrected chi connectivity index (χ3v) is 8.59. The fourth-order valence-electron chi connectivity index (χ4n) is 6.67. The molecule has 220 valence electrons. The van der Waals surface area contributed by atoms with Crippen molar-refractivity contribution < 1.29 is 32.5 Å². The molecule has 0 aromatic carbocycles. The summed E-state index contributed by atoms with van der Waals surface area (Å²) in [6, 6.07) is 1.82. The number of nitrogens with zero attached hydrogens (tertiary/aromatic N) is 5. The highest BCUT2D eigenvalue weighted by atomic mass is 35.5. The normalized spacial score (nSPS) is 31.2. The molecule has 4 saturated heterocycles. The van der Waals surface area contributed by atoms with Crippen LogP contribution in [0, 0.1) is 0 Å². The first-order valence-electron chi connectivity index (χ1n) is 13.7. The van der Waals surface area contributed by atoms with E-state index in [1.54, 1.807) is 4.90 Å². The smallest absolute Gasteiger partial charge is 0.410 e. The number of amides is 1. The van der Waals surface area contributed by atoms with Gasteiger partial charge in [0.15, 0.2) is 12.0 Å². The number of likely N-dealkylation sites (tertiary alicyclic amines) is 2. The second-order valence-corrected chi connectivity index (χ2v) is 13.2. The molecule has 6 heterocycles. The average molecular weight is 584 g/mol. The average Bonchev–Trinajstić information content (AvgIpc) is 3.54. The van der Waals surface area contributed by atoms with Crippen LogP contribution in [0.5, 0.6) is 0 Å². The van der Waals surface area contributed by atoms with Gasteiger partial charge < -0.3 is 28.4 Å². The van der Waals surface area contributed by atoms with Crippen molar-refractivity contribution >= 4 is 28.7 Å².